The Morgan fingerprint density at radius 1 is 1.37 bits per heavy atom. The third kappa shape index (κ3) is 3.71. The Kier molecular flexibility index (Phi) is 5.23. The molecule has 19 heavy (non-hydrogen) atoms. The smallest absolute Gasteiger partial charge is 0.118 e. The van der Waals surface area contributed by atoms with Crippen LogP contribution in [0.15, 0.2) is 24.3 Å². The lowest BCUT2D eigenvalue weighted by Crippen LogP contribution is -2.38. The SMILES string of the molecule is CCN1CCCC1CNC(C)c1ccc(OC)cc1. The number of likely N-dealkylation sites (tertiary alicyclic amines) is 1. The van der Waals surface area contributed by atoms with Crippen molar-refractivity contribution in [3.63, 3.8) is 0 Å². The molecule has 0 radical (unpaired) electrons. The van der Waals surface area contributed by atoms with Gasteiger partial charge in [0, 0.05) is 18.6 Å². The van der Waals surface area contributed by atoms with Gasteiger partial charge in [0.1, 0.15) is 5.75 Å². The summed E-state index contributed by atoms with van der Waals surface area (Å²) in [5.41, 5.74) is 1.32. The third-order valence-electron chi connectivity index (χ3n) is 4.18. The molecule has 3 nitrogen and oxygen atoms in total. The van der Waals surface area contributed by atoms with Crippen molar-refractivity contribution in [2.75, 3.05) is 26.7 Å². The summed E-state index contributed by atoms with van der Waals surface area (Å²) in [7, 11) is 1.70. The van der Waals surface area contributed by atoms with E-state index in [-0.39, 0.29) is 0 Å². The number of ether oxygens (including phenoxy) is 1. The van der Waals surface area contributed by atoms with E-state index < -0.39 is 0 Å². The van der Waals surface area contributed by atoms with Crippen molar-refractivity contribution in [2.24, 2.45) is 0 Å². The molecule has 2 unspecified atom stereocenters. The summed E-state index contributed by atoms with van der Waals surface area (Å²) in [5, 5.41) is 3.66. The second-order valence-electron chi connectivity index (χ2n) is 5.33. The number of hydrogen-bond acceptors (Lipinski definition) is 3. The molecule has 0 spiro atoms. The van der Waals surface area contributed by atoms with Gasteiger partial charge in [-0.2, -0.15) is 0 Å². The second kappa shape index (κ2) is 6.92. The van der Waals surface area contributed by atoms with Crippen molar-refractivity contribution in [3.05, 3.63) is 29.8 Å². The van der Waals surface area contributed by atoms with Gasteiger partial charge in [0.15, 0.2) is 0 Å². The first-order chi connectivity index (χ1) is 9.24. The Labute approximate surface area is 116 Å². The molecule has 1 aromatic carbocycles. The van der Waals surface area contributed by atoms with Gasteiger partial charge in [-0.05, 0) is 50.6 Å². The molecule has 1 saturated heterocycles. The van der Waals surface area contributed by atoms with Crippen LogP contribution >= 0.6 is 0 Å². The Balaban J connectivity index is 1.84. The Hall–Kier alpha value is -1.06. The van der Waals surface area contributed by atoms with E-state index >= 15 is 0 Å². The van der Waals surface area contributed by atoms with Crippen LogP contribution in [0.3, 0.4) is 0 Å². The Bertz CT molecular complexity index is 377. The highest BCUT2D eigenvalue weighted by Crippen LogP contribution is 2.19. The molecule has 0 amide bonds. The topological polar surface area (TPSA) is 24.5 Å². The van der Waals surface area contributed by atoms with Crippen molar-refractivity contribution < 1.29 is 4.74 Å². The largest absolute Gasteiger partial charge is 0.497 e. The molecular weight excluding hydrogens is 236 g/mol. The molecule has 0 aliphatic carbocycles. The summed E-state index contributed by atoms with van der Waals surface area (Å²) in [6.45, 7) is 8.00. The molecule has 1 fully saturated rings. The fraction of sp³-hybridized carbons (Fsp3) is 0.625. The van der Waals surface area contributed by atoms with Crippen LogP contribution in [0.1, 0.15) is 38.3 Å². The van der Waals surface area contributed by atoms with Crippen LogP contribution in [0.5, 0.6) is 5.75 Å². The van der Waals surface area contributed by atoms with Crippen molar-refractivity contribution in [2.45, 2.75) is 38.8 Å². The first-order valence-electron chi connectivity index (χ1n) is 7.36. The molecular formula is C16H26N2O. The van der Waals surface area contributed by atoms with E-state index in [1.165, 1.54) is 31.5 Å². The summed E-state index contributed by atoms with van der Waals surface area (Å²) >= 11 is 0. The lowest BCUT2D eigenvalue weighted by molar-refractivity contribution is 0.255. The molecule has 0 aromatic heterocycles. The summed E-state index contributed by atoms with van der Waals surface area (Å²) < 4.78 is 5.19. The fourth-order valence-electron chi connectivity index (χ4n) is 2.87. The van der Waals surface area contributed by atoms with Gasteiger partial charge in [0.25, 0.3) is 0 Å². The molecule has 0 bridgehead atoms. The predicted octanol–water partition coefficient (Wildman–Crippen LogP) is 2.83. The van der Waals surface area contributed by atoms with E-state index in [2.05, 4.69) is 36.2 Å². The molecule has 0 saturated carbocycles. The Morgan fingerprint density at radius 3 is 2.74 bits per heavy atom. The van der Waals surface area contributed by atoms with Crippen LogP contribution in [0, 0.1) is 0 Å². The van der Waals surface area contributed by atoms with Gasteiger partial charge in [0.2, 0.25) is 0 Å². The van der Waals surface area contributed by atoms with Gasteiger partial charge in [-0.15, -0.1) is 0 Å². The first kappa shape index (κ1) is 14.4. The summed E-state index contributed by atoms with van der Waals surface area (Å²) in [4.78, 5) is 2.58. The van der Waals surface area contributed by atoms with E-state index in [1.807, 2.05) is 12.1 Å². The predicted molar refractivity (Wildman–Crippen MR) is 79.7 cm³/mol. The maximum Gasteiger partial charge on any atom is 0.118 e. The van der Waals surface area contributed by atoms with Crippen molar-refractivity contribution in [1.82, 2.24) is 10.2 Å². The average Bonchev–Trinajstić information content (AvgIpc) is 2.92. The highest BCUT2D eigenvalue weighted by molar-refractivity contribution is 5.28. The van der Waals surface area contributed by atoms with Crippen molar-refractivity contribution in [3.8, 4) is 5.75 Å². The van der Waals surface area contributed by atoms with Gasteiger partial charge in [-0.1, -0.05) is 19.1 Å². The number of hydrogen-bond donors (Lipinski definition) is 1. The monoisotopic (exact) mass is 262 g/mol. The zero-order valence-corrected chi connectivity index (χ0v) is 12.4. The molecule has 106 valence electrons. The minimum atomic E-state index is 0.394. The average molecular weight is 262 g/mol. The summed E-state index contributed by atoms with van der Waals surface area (Å²) in [6, 6.07) is 9.45. The second-order valence-corrected chi connectivity index (χ2v) is 5.33. The number of rotatable bonds is 6. The lowest BCUT2D eigenvalue weighted by atomic mass is 10.1. The van der Waals surface area contributed by atoms with Crippen LogP contribution in [0.25, 0.3) is 0 Å². The van der Waals surface area contributed by atoms with Crippen LogP contribution < -0.4 is 10.1 Å². The molecule has 2 rings (SSSR count). The molecule has 1 aromatic rings. The fourth-order valence-corrected chi connectivity index (χ4v) is 2.87. The number of nitrogens with one attached hydrogen (secondary N) is 1. The lowest BCUT2D eigenvalue weighted by Gasteiger charge is -2.25. The van der Waals surface area contributed by atoms with Crippen LogP contribution in [-0.4, -0.2) is 37.7 Å². The van der Waals surface area contributed by atoms with Gasteiger partial charge in [-0.25, -0.2) is 0 Å². The van der Waals surface area contributed by atoms with Crippen LogP contribution in [-0.2, 0) is 0 Å². The summed E-state index contributed by atoms with van der Waals surface area (Å²) in [5.74, 6) is 0.920. The first-order valence-corrected chi connectivity index (χ1v) is 7.36. The molecule has 1 heterocycles. The van der Waals surface area contributed by atoms with Gasteiger partial charge in [-0.3, -0.25) is 4.90 Å². The zero-order valence-electron chi connectivity index (χ0n) is 12.4. The van der Waals surface area contributed by atoms with Crippen molar-refractivity contribution >= 4 is 0 Å². The molecule has 1 aliphatic rings. The summed E-state index contributed by atoms with van der Waals surface area (Å²) in [6.07, 6.45) is 2.67. The number of likely N-dealkylation sites (N-methyl/N-ethyl adjacent to an activating group) is 1. The number of methoxy groups -OCH3 is 1. The highest BCUT2D eigenvalue weighted by Gasteiger charge is 2.22. The normalized spacial score (nSPS) is 21.5. The zero-order chi connectivity index (χ0) is 13.7. The third-order valence-corrected chi connectivity index (χ3v) is 4.18. The van der Waals surface area contributed by atoms with Gasteiger partial charge < -0.3 is 10.1 Å². The maximum atomic E-state index is 5.19. The molecule has 3 heteroatoms. The molecule has 2 atom stereocenters. The quantitative estimate of drug-likeness (QED) is 0.853. The minimum Gasteiger partial charge on any atom is -0.497 e. The molecule has 1 aliphatic heterocycles. The minimum absolute atomic E-state index is 0.394. The van der Waals surface area contributed by atoms with Gasteiger partial charge in [0.05, 0.1) is 7.11 Å². The maximum absolute atomic E-state index is 5.19. The van der Waals surface area contributed by atoms with E-state index in [4.69, 9.17) is 4.74 Å². The van der Waals surface area contributed by atoms with Crippen LogP contribution in [0.2, 0.25) is 0 Å². The number of benzene rings is 1. The van der Waals surface area contributed by atoms with E-state index in [9.17, 15) is 0 Å². The van der Waals surface area contributed by atoms with E-state index in [0.717, 1.165) is 12.3 Å². The standard InChI is InChI=1S/C16H26N2O/c1-4-18-11-5-6-15(18)12-17-13(2)14-7-9-16(19-3)10-8-14/h7-10,13,15,17H,4-6,11-12H2,1-3H3. The number of nitrogens with zero attached hydrogens (tertiary/aromatic N) is 1. The van der Waals surface area contributed by atoms with Crippen molar-refractivity contribution in [1.29, 1.82) is 0 Å². The highest BCUT2D eigenvalue weighted by atomic mass is 16.5. The Morgan fingerprint density at radius 2 is 2.11 bits per heavy atom. The molecule has 1 N–H and O–H groups in total. The van der Waals surface area contributed by atoms with Crippen LogP contribution in [0.4, 0.5) is 0 Å². The van der Waals surface area contributed by atoms with Gasteiger partial charge >= 0.3 is 0 Å². The van der Waals surface area contributed by atoms with E-state index in [1.54, 1.807) is 7.11 Å². The van der Waals surface area contributed by atoms with E-state index in [0.29, 0.717) is 12.1 Å².